The third-order valence-corrected chi connectivity index (χ3v) is 10.5. The minimum Gasteiger partial charge on any atom is -0.483 e. The summed E-state index contributed by atoms with van der Waals surface area (Å²) in [6.07, 6.45) is 6.65. The van der Waals surface area contributed by atoms with Gasteiger partial charge in [-0.1, -0.05) is 56.7 Å². The normalized spacial score (nSPS) is 27.1. The minimum atomic E-state index is -2.30. The van der Waals surface area contributed by atoms with E-state index >= 15 is 0 Å². The first-order valence-corrected chi connectivity index (χ1v) is 18.9. The summed E-state index contributed by atoms with van der Waals surface area (Å²) in [5.41, 5.74) is -5.78. The van der Waals surface area contributed by atoms with E-state index in [1.54, 1.807) is 52.0 Å². The number of esters is 4. The molecule has 0 N–H and O–H groups in total. The highest BCUT2D eigenvalue weighted by Gasteiger charge is 2.78. The molecule has 0 aromatic heterocycles. The zero-order valence-corrected chi connectivity index (χ0v) is 30.9. The van der Waals surface area contributed by atoms with Crippen LogP contribution in [0.15, 0.2) is 56.5 Å². The molecule has 5 aliphatic rings. The van der Waals surface area contributed by atoms with Gasteiger partial charge in [0, 0.05) is 5.56 Å². The molecule has 0 amide bonds. The first-order chi connectivity index (χ1) is 25.7. The molecular formula is C40H47N3O10. The Labute approximate surface area is 309 Å². The van der Waals surface area contributed by atoms with Crippen molar-refractivity contribution in [2.45, 2.75) is 116 Å². The number of hydrogen-bond acceptors (Lipinski definition) is 13. The molecular weight excluding hydrogens is 682 g/mol. The van der Waals surface area contributed by atoms with Gasteiger partial charge in [-0.2, -0.15) is 5.26 Å². The van der Waals surface area contributed by atoms with Crippen molar-refractivity contribution in [1.82, 2.24) is 0 Å². The predicted molar refractivity (Wildman–Crippen MR) is 191 cm³/mol. The fraction of sp³-hybridized carbons (Fsp3) is 0.575. The standard InChI is InChI=1S/C40H47N3O10/c1-5-48-35(44)28-29(36(45)49-6-2)33-39(23-41,32(28)42-24-17-11-9-12-18-24)40(26-21-15-16-22-27(26)52-33)31(38(47)51-8-4)30(37(46)50-7-3)34(53-40)43-25-19-13-10-14-20-25/h15-16,21-22,24-25,33H,5-14,17-20H2,1-4H3/t33-,39+,40+/m0/s1. The molecule has 0 unspecified atom stereocenters. The third kappa shape index (κ3) is 6.29. The molecule has 53 heavy (non-hydrogen) atoms. The number of carbonyl (C=O) groups excluding carboxylic acids is 4. The van der Waals surface area contributed by atoms with Gasteiger partial charge in [0.25, 0.3) is 0 Å². The van der Waals surface area contributed by atoms with Crippen molar-refractivity contribution in [3.63, 3.8) is 0 Å². The van der Waals surface area contributed by atoms with E-state index in [1.807, 2.05) is 0 Å². The summed E-state index contributed by atoms with van der Waals surface area (Å²) in [6, 6.07) is 8.38. The molecule has 3 atom stereocenters. The zero-order chi connectivity index (χ0) is 37.8. The molecule has 0 saturated heterocycles. The number of para-hydroxylation sites is 1. The lowest BCUT2D eigenvalue weighted by Gasteiger charge is -2.49. The Balaban J connectivity index is 1.78. The maximum absolute atomic E-state index is 14.7. The lowest BCUT2D eigenvalue weighted by molar-refractivity contribution is -0.145. The van der Waals surface area contributed by atoms with Crippen LogP contribution in [0.25, 0.3) is 0 Å². The van der Waals surface area contributed by atoms with Crippen LogP contribution in [-0.2, 0) is 48.5 Å². The maximum atomic E-state index is 14.7. The van der Waals surface area contributed by atoms with Gasteiger partial charge in [0.05, 0.1) is 61.4 Å². The van der Waals surface area contributed by atoms with Crippen LogP contribution >= 0.6 is 0 Å². The number of carbonyl (C=O) groups is 4. The summed E-state index contributed by atoms with van der Waals surface area (Å²) in [7, 11) is 0. The molecule has 0 radical (unpaired) electrons. The van der Waals surface area contributed by atoms with Crippen molar-refractivity contribution in [3.8, 4) is 11.8 Å². The Morgan fingerprint density at radius 2 is 1.26 bits per heavy atom. The first kappa shape index (κ1) is 37.8. The first-order valence-electron chi connectivity index (χ1n) is 18.9. The van der Waals surface area contributed by atoms with E-state index in [2.05, 4.69) is 6.07 Å². The molecule has 2 fully saturated rings. The number of ether oxygens (including phenoxy) is 6. The smallest absolute Gasteiger partial charge is 0.344 e. The number of nitrogens with zero attached hydrogens (tertiary/aromatic N) is 3. The molecule has 2 saturated carbocycles. The van der Waals surface area contributed by atoms with Crippen LogP contribution in [0.3, 0.4) is 0 Å². The predicted octanol–water partition coefficient (Wildman–Crippen LogP) is 5.55. The highest BCUT2D eigenvalue weighted by molar-refractivity contribution is 6.32. The van der Waals surface area contributed by atoms with Crippen LogP contribution in [0.2, 0.25) is 0 Å². The summed E-state index contributed by atoms with van der Waals surface area (Å²) in [5, 5.41) is 11.9. The zero-order valence-electron chi connectivity index (χ0n) is 30.9. The largest absolute Gasteiger partial charge is 0.483 e. The van der Waals surface area contributed by atoms with Crippen LogP contribution in [0.1, 0.15) is 97.5 Å². The average Bonchev–Trinajstić information content (AvgIpc) is 3.64. The van der Waals surface area contributed by atoms with Gasteiger partial charge in [0.1, 0.15) is 16.9 Å². The summed E-state index contributed by atoms with van der Waals surface area (Å²) in [6.45, 7) is 6.25. The molecule has 13 heteroatoms. The lowest BCUT2D eigenvalue weighted by Crippen LogP contribution is -2.62. The lowest BCUT2D eigenvalue weighted by atomic mass is 9.59. The molecule has 6 rings (SSSR count). The van der Waals surface area contributed by atoms with Gasteiger partial charge in [0.15, 0.2) is 11.5 Å². The van der Waals surface area contributed by atoms with Gasteiger partial charge in [-0.15, -0.1) is 0 Å². The van der Waals surface area contributed by atoms with Crippen LogP contribution in [-0.4, -0.2) is 80.1 Å². The molecule has 2 heterocycles. The van der Waals surface area contributed by atoms with E-state index in [0.717, 1.165) is 38.5 Å². The molecule has 1 spiro atoms. The summed E-state index contributed by atoms with van der Waals surface area (Å²) < 4.78 is 36.0. The maximum Gasteiger partial charge on any atom is 0.344 e. The van der Waals surface area contributed by atoms with Crippen LogP contribution in [0.5, 0.6) is 5.75 Å². The Morgan fingerprint density at radius 1 is 0.736 bits per heavy atom. The van der Waals surface area contributed by atoms with E-state index < -0.39 is 41.0 Å². The third-order valence-electron chi connectivity index (χ3n) is 10.5. The fourth-order valence-corrected chi connectivity index (χ4v) is 8.38. The van der Waals surface area contributed by atoms with Crippen molar-refractivity contribution >= 4 is 35.5 Å². The highest BCUT2D eigenvalue weighted by Crippen LogP contribution is 2.65. The monoisotopic (exact) mass is 729 g/mol. The number of nitriles is 1. The molecule has 3 aliphatic carbocycles. The number of fused-ring (bicyclic) bond motifs is 4. The van der Waals surface area contributed by atoms with E-state index in [-0.39, 0.29) is 83.7 Å². The fourth-order valence-electron chi connectivity index (χ4n) is 8.38. The van der Waals surface area contributed by atoms with E-state index in [4.69, 9.17) is 38.4 Å². The number of aliphatic imine (C=N–C) groups is 2. The Kier molecular flexibility index (Phi) is 11.4. The van der Waals surface area contributed by atoms with Crippen molar-refractivity contribution in [2.75, 3.05) is 26.4 Å². The van der Waals surface area contributed by atoms with Crippen LogP contribution < -0.4 is 4.74 Å². The van der Waals surface area contributed by atoms with Crippen LogP contribution in [0.4, 0.5) is 0 Å². The Hall–Kier alpha value is -4.99. The number of benzene rings is 1. The van der Waals surface area contributed by atoms with Gasteiger partial charge >= 0.3 is 23.9 Å². The van der Waals surface area contributed by atoms with Crippen LogP contribution in [0, 0.1) is 16.7 Å². The van der Waals surface area contributed by atoms with Crippen molar-refractivity contribution in [3.05, 3.63) is 52.1 Å². The van der Waals surface area contributed by atoms with E-state index in [9.17, 15) is 24.4 Å². The van der Waals surface area contributed by atoms with E-state index in [0.29, 0.717) is 25.7 Å². The summed E-state index contributed by atoms with van der Waals surface area (Å²) >= 11 is 0. The minimum absolute atomic E-state index is 0.0379. The SMILES string of the molecule is CCOC(=O)C1=C(C(=O)OCC)[C@@H]2Oc3ccccc3[C@]3(OC(=NC4CCCCC4)C(C(=O)OCC)=C3C(=O)OCC)[C@]2(C#N)C1=NC1CCCCC1. The molecule has 13 nitrogen and oxygen atoms in total. The highest BCUT2D eigenvalue weighted by atomic mass is 16.6. The van der Waals surface area contributed by atoms with Gasteiger partial charge in [0.2, 0.25) is 11.5 Å². The quantitative estimate of drug-likeness (QED) is 0.218. The summed E-state index contributed by atoms with van der Waals surface area (Å²) in [4.78, 5) is 67.4. The van der Waals surface area contributed by atoms with Gasteiger partial charge < -0.3 is 28.4 Å². The van der Waals surface area contributed by atoms with Gasteiger partial charge in [-0.05, 0) is 59.4 Å². The van der Waals surface area contributed by atoms with Crippen molar-refractivity contribution in [2.24, 2.45) is 15.4 Å². The second kappa shape index (κ2) is 15.9. The molecule has 2 aliphatic heterocycles. The molecule has 0 bridgehead atoms. The Morgan fingerprint density at radius 3 is 1.85 bits per heavy atom. The molecule has 1 aromatic rings. The molecule has 282 valence electrons. The van der Waals surface area contributed by atoms with Gasteiger partial charge in [-0.25, -0.2) is 24.2 Å². The molecule has 1 aromatic carbocycles. The number of rotatable bonds is 10. The second-order valence-corrected chi connectivity index (χ2v) is 13.6. The van der Waals surface area contributed by atoms with E-state index in [1.165, 1.54) is 0 Å². The van der Waals surface area contributed by atoms with Crippen molar-refractivity contribution in [1.29, 1.82) is 5.26 Å². The summed E-state index contributed by atoms with van der Waals surface area (Å²) in [5.74, 6) is -3.76. The number of hydrogen-bond donors (Lipinski definition) is 0. The second-order valence-electron chi connectivity index (χ2n) is 13.6. The topological polar surface area (TPSA) is 172 Å². The van der Waals surface area contributed by atoms with Crippen molar-refractivity contribution < 1.29 is 47.6 Å². The van der Waals surface area contributed by atoms with Gasteiger partial charge in [-0.3, -0.25) is 4.99 Å². The Bertz CT molecular complexity index is 1810. The average molecular weight is 730 g/mol.